The van der Waals surface area contributed by atoms with E-state index in [2.05, 4.69) is 20.5 Å². The fraction of sp³-hybridized carbons (Fsp3) is 0.625. The summed E-state index contributed by atoms with van der Waals surface area (Å²) in [6, 6.07) is 0. The Morgan fingerprint density at radius 2 is 2.00 bits per heavy atom. The van der Waals surface area contributed by atoms with Crippen molar-refractivity contribution < 1.29 is 9.47 Å². The summed E-state index contributed by atoms with van der Waals surface area (Å²) in [7, 11) is 0. The minimum absolute atomic E-state index is 0.0808. The first-order valence-corrected chi connectivity index (χ1v) is 8.51. The van der Waals surface area contributed by atoms with Crippen LogP contribution in [0.4, 0.5) is 0 Å². The predicted octanol–water partition coefficient (Wildman–Crippen LogP) is 0.573. The summed E-state index contributed by atoms with van der Waals surface area (Å²) in [5, 5.41) is 0. The minimum atomic E-state index is -0.0808. The standard InChI is InChI=1S/C8H12O2Se3/c1-3-9-7(10-4-2)6-5-12-8(11)13-6/h5,7H,3-4H2,1-2H3. The molecule has 1 heterocycles. The van der Waals surface area contributed by atoms with Crippen LogP contribution in [0.5, 0.6) is 0 Å². The number of hydrogen-bond acceptors (Lipinski definition) is 2. The first-order chi connectivity index (χ1) is 6.27. The van der Waals surface area contributed by atoms with E-state index in [1.807, 2.05) is 13.8 Å². The second kappa shape index (κ2) is 6.55. The maximum atomic E-state index is 5.52. The van der Waals surface area contributed by atoms with Crippen LogP contribution in [0.2, 0.25) is 0 Å². The molecule has 1 rings (SSSR count). The molecule has 0 aromatic carbocycles. The zero-order chi connectivity index (χ0) is 9.68. The fourth-order valence-electron chi connectivity index (χ4n) is 0.869. The molecule has 0 fully saturated rings. The van der Waals surface area contributed by atoms with Crippen molar-refractivity contribution in [2.45, 2.75) is 20.1 Å². The van der Waals surface area contributed by atoms with E-state index in [1.165, 1.54) is 6.25 Å². The number of hydrogen-bond donors (Lipinski definition) is 0. The monoisotopic (exact) mass is 380 g/mol. The van der Waals surface area contributed by atoms with E-state index < -0.39 is 0 Å². The van der Waals surface area contributed by atoms with Crippen LogP contribution in [0.15, 0.2) is 4.94 Å². The summed E-state index contributed by atoms with van der Waals surface area (Å²) in [5.74, 6) is 0. The van der Waals surface area contributed by atoms with Gasteiger partial charge in [-0.15, -0.1) is 0 Å². The van der Waals surface area contributed by atoms with Gasteiger partial charge in [0.15, 0.2) is 0 Å². The molecule has 0 amide bonds. The molecule has 0 saturated carbocycles. The molecule has 2 nitrogen and oxygen atoms in total. The van der Waals surface area contributed by atoms with Crippen molar-refractivity contribution in [2.75, 3.05) is 13.2 Å². The van der Waals surface area contributed by atoms with Crippen molar-refractivity contribution in [1.82, 2.24) is 0 Å². The number of ether oxygens (including phenoxy) is 2. The molecule has 0 saturated heterocycles. The molecule has 0 unspecified atom stereocenters. The van der Waals surface area contributed by atoms with Crippen LogP contribution in [-0.4, -0.2) is 57.8 Å². The molecule has 0 N–H and O–H groups in total. The quantitative estimate of drug-likeness (QED) is 0.552. The number of rotatable bonds is 5. The molecule has 0 spiro atoms. The Morgan fingerprint density at radius 3 is 2.38 bits per heavy atom. The van der Waals surface area contributed by atoms with Gasteiger partial charge < -0.3 is 0 Å². The van der Waals surface area contributed by atoms with Gasteiger partial charge in [0.1, 0.15) is 0 Å². The van der Waals surface area contributed by atoms with Crippen LogP contribution >= 0.6 is 0 Å². The van der Waals surface area contributed by atoms with Crippen molar-refractivity contribution in [3.63, 3.8) is 0 Å². The molecule has 5 heteroatoms. The molecule has 0 atom stereocenters. The fourth-order valence-corrected chi connectivity index (χ4v) is 7.36. The second-order valence-electron chi connectivity index (χ2n) is 2.23. The second-order valence-corrected chi connectivity index (χ2v) is 11.1. The molecule has 0 radical (unpaired) electrons. The average molecular weight is 377 g/mol. The van der Waals surface area contributed by atoms with Crippen LogP contribution < -0.4 is 0 Å². The predicted molar refractivity (Wildman–Crippen MR) is 55.3 cm³/mol. The van der Waals surface area contributed by atoms with Gasteiger partial charge >= 0.3 is 98.6 Å². The van der Waals surface area contributed by atoms with E-state index in [1.54, 1.807) is 0 Å². The zero-order valence-electron chi connectivity index (χ0n) is 7.61. The third-order valence-corrected chi connectivity index (χ3v) is 8.69. The van der Waals surface area contributed by atoms with Gasteiger partial charge in [0.2, 0.25) is 0 Å². The molecule has 74 valence electrons. The Hall–Kier alpha value is 1.09. The topological polar surface area (TPSA) is 18.5 Å². The van der Waals surface area contributed by atoms with Gasteiger partial charge in [-0.2, -0.15) is 0 Å². The van der Waals surface area contributed by atoms with Crippen molar-refractivity contribution in [3.05, 3.63) is 11.2 Å². The third kappa shape index (κ3) is 3.99. The Labute approximate surface area is 98.1 Å². The average Bonchev–Trinajstić information content (AvgIpc) is 2.51. The maximum absolute atomic E-state index is 5.52. The Bertz CT molecular complexity index is 286. The van der Waals surface area contributed by atoms with Gasteiger partial charge in [-0.25, -0.2) is 0 Å². The summed E-state index contributed by atoms with van der Waals surface area (Å²) in [4.78, 5) is 2.29. The first-order valence-electron chi connectivity index (χ1n) is 4.09. The molecule has 0 bridgehead atoms. The molecule has 1 aromatic rings. The van der Waals surface area contributed by atoms with Crippen LogP contribution in [0.25, 0.3) is 0 Å². The van der Waals surface area contributed by atoms with Crippen LogP contribution in [0, 0.1) is 1.81 Å². The molecular weight excluding hydrogens is 365 g/mol. The zero-order valence-corrected chi connectivity index (χ0v) is 12.7. The molecule has 1 aromatic heterocycles. The van der Waals surface area contributed by atoms with Crippen LogP contribution in [0.3, 0.4) is 0 Å². The van der Waals surface area contributed by atoms with E-state index in [0.717, 1.165) is 0 Å². The van der Waals surface area contributed by atoms with E-state index in [9.17, 15) is 0 Å². The molecule has 13 heavy (non-hydrogen) atoms. The van der Waals surface area contributed by atoms with E-state index in [4.69, 9.17) is 9.47 Å². The third-order valence-electron chi connectivity index (χ3n) is 1.34. The van der Waals surface area contributed by atoms with E-state index in [0.29, 0.717) is 42.2 Å². The van der Waals surface area contributed by atoms with Gasteiger partial charge in [-0.1, -0.05) is 0 Å². The molecule has 0 aliphatic heterocycles. The Balaban J connectivity index is 2.69. The van der Waals surface area contributed by atoms with Gasteiger partial charge in [0, 0.05) is 0 Å². The van der Waals surface area contributed by atoms with Gasteiger partial charge in [0.05, 0.1) is 0 Å². The summed E-state index contributed by atoms with van der Waals surface area (Å²) >= 11 is 4.13. The van der Waals surface area contributed by atoms with Crippen LogP contribution in [-0.2, 0) is 9.47 Å². The molecule has 0 aliphatic rings. The normalized spacial score (nSPS) is 11.0. The van der Waals surface area contributed by atoms with E-state index in [-0.39, 0.29) is 6.29 Å². The van der Waals surface area contributed by atoms with Gasteiger partial charge in [-0.05, 0) is 0 Å². The van der Waals surface area contributed by atoms with Crippen molar-refractivity contribution in [3.8, 4) is 0 Å². The Morgan fingerprint density at radius 1 is 1.38 bits per heavy atom. The molecular formula is C8H12O2Se3. The van der Waals surface area contributed by atoms with Crippen molar-refractivity contribution in [1.29, 1.82) is 0 Å². The first kappa shape index (κ1) is 12.2. The summed E-state index contributed by atoms with van der Waals surface area (Å²) in [6.45, 7) is 5.44. The van der Waals surface area contributed by atoms with Gasteiger partial charge in [-0.3, -0.25) is 0 Å². The van der Waals surface area contributed by atoms with Crippen molar-refractivity contribution >= 4 is 44.6 Å². The van der Waals surface area contributed by atoms with E-state index >= 15 is 0 Å². The SMILES string of the molecule is CCOC(OCC)c1c[se]c(=[Se])[se]1. The van der Waals surface area contributed by atoms with Gasteiger partial charge in [0.25, 0.3) is 0 Å². The summed E-state index contributed by atoms with van der Waals surface area (Å²) < 4.78 is 13.9. The summed E-state index contributed by atoms with van der Waals surface area (Å²) in [5.41, 5.74) is 0. The van der Waals surface area contributed by atoms with Crippen LogP contribution in [0.1, 0.15) is 24.6 Å². The Kier molecular flexibility index (Phi) is 6.13. The van der Waals surface area contributed by atoms with Crippen molar-refractivity contribution in [2.24, 2.45) is 0 Å². The summed E-state index contributed by atoms with van der Waals surface area (Å²) in [6.07, 6.45) is -0.0808. The molecule has 0 aliphatic carbocycles.